The van der Waals surface area contributed by atoms with Gasteiger partial charge in [0.1, 0.15) is 5.69 Å². The summed E-state index contributed by atoms with van der Waals surface area (Å²) in [5, 5.41) is 15.6. The maximum Gasteiger partial charge on any atom is 0.303 e. The Balaban J connectivity index is 2.29. The standard InChI is InChI=1S/C11H12N2O3/c1-7-8(4-5-10(14)15)11(13-12-7)9-3-2-6-16-9/h2-3,6H,4-5H2,1H3,(H,12,13)(H,14,15). The van der Waals surface area contributed by atoms with Gasteiger partial charge in [-0.2, -0.15) is 5.10 Å². The lowest BCUT2D eigenvalue weighted by molar-refractivity contribution is -0.136. The molecule has 0 aromatic carbocycles. The van der Waals surface area contributed by atoms with Crippen molar-refractivity contribution in [1.82, 2.24) is 10.2 Å². The third-order valence-electron chi connectivity index (χ3n) is 2.42. The van der Waals surface area contributed by atoms with Crippen LogP contribution in [0.2, 0.25) is 0 Å². The molecule has 0 fully saturated rings. The average molecular weight is 220 g/mol. The predicted molar refractivity (Wildman–Crippen MR) is 57.0 cm³/mol. The molecule has 2 aromatic rings. The molecule has 2 aromatic heterocycles. The fraction of sp³-hybridized carbons (Fsp3) is 0.273. The van der Waals surface area contributed by atoms with E-state index in [4.69, 9.17) is 9.52 Å². The Kier molecular flexibility index (Phi) is 2.76. The molecule has 5 nitrogen and oxygen atoms in total. The van der Waals surface area contributed by atoms with Gasteiger partial charge >= 0.3 is 5.97 Å². The summed E-state index contributed by atoms with van der Waals surface area (Å²) < 4.78 is 5.25. The summed E-state index contributed by atoms with van der Waals surface area (Å²) in [6, 6.07) is 3.58. The van der Waals surface area contributed by atoms with E-state index < -0.39 is 5.97 Å². The molecule has 0 aliphatic heterocycles. The molecule has 0 saturated carbocycles. The summed E-state index contributed by atoms with van der Waals surface area (Å²) in [7, 11) is 0. The zero-order chi connectivity index (χ0) is 11.5. The predicted octanol–water partition coefficient (Wildman–Crippen LogP) is 2.00. The van der Waals surface area contributed by atoms with Crippen LogP contribution in [0.4, 0.5) is 0 Å². The number of aromatic amines is 1. The normalized spacial score (nSPS) is 10.6. The van der Waals surface area contributed by atoms with Gasteiger partial charge in [0.25, 0.3) is 0 Å². The van der Waals surface area contributed by atoms with Crippen LogP contribution in [0.3, 0.4) is 0 Å². The van der Waals surface area contributed by atoms with Crippen LogP contribution in [-0.4, -0.2) is 21.3 Å². The summed E-state index contributed by atoms with van der Waals surface area (Å²) in [4.78, 5) is 10.5. The van der Waals surface area contributed by atoms with Gasteiger partial charge in [0.05, 0.1) is 6.26 Å². The summed E-state index contributed by atoms with van der Waals surface area (Å²) >= 11 is 0. The van der Waals surface area contributed by atoms with E-state index in [1.165, 1.54) is 0 Å². The van der Waals surface area contributed by atoms with Gasteiger partial charge in [-0.05, 0) is 25.5 Å². The third kappa shape index (κ3) is 1.98. The lowest BCUT2D eigenvalue weighted by atomic mass is 10.1. The fourth-order valence-corrected chi connectivity index (χ4v) is 1.61. The van der Waals surface area contributed by atoms with Gasteiger partial charge in [-0.15, -0.1) is 0 Å². The number of aryl methyl sites for hydroxylation is 1. The first kappa shape index (κ1) is 10.5. The first-order valence-corrected chi connectivity index (χ1v) is 4.98. The van der Waals surface area contributed by atoms with Crippen LogP contribution in [-0.2, 0) is 11.2 Å². The number of carbonyl (C=O) groups is 1. The SMILES string of the molecule is Cc1[nH]nc(-c2ccco2)c1CCC(=O)O. The number of furan rings is 1. The highest BCUT2D eigenvalue weighted by Gasteiger charge is 2.15. The van der Waals surface area contributed by atoms with Crippen molar-refractivity contribution in [1.29, 1.82) is 0 Å². The number of aromatic nitrogens is 2. The van der Waals surface area contributed by atoms with E-state index in [1.807, 2.05) is 6.92 Å². The summed E-state index contributed by atoms with van der Waals surface area (Å²) in [5.74, 6) is -0.157. The number of carboxylic acids is 1. The largest absolute Gasteiger partial charge is 0.481 e. The number of nitrogens with one attached hydrogen (secondary N) is 1. The number of hydrogen-bond acceptors (Lipinski definition) is 3. The van der Waals surface area contributed by atoms with Crippen LogP contribution in [0.15, 0.2) is 22.8 Å². The number of aliphatic carboxylic acids is 1. The first-order valence-electron chi connectivity index (χ1n) is 4.98. The van der Waals surface area contributed by atoms with Crippen molar-refractivity contribution in [2.45, 2.75) is 19.8 Å². The van der Waals surface area contributed by atoms with Crippen molar-refractivity contribution in [2.24, 2.45) is 0 Å². The van der Waals surface area contributed by atoms with Gasteiger partial charge in [0, 0.05) is 17.7 Å². The highest BCUT2D eigenvalue weighted by molar-refractivity contribution is 5.68. The van der Waals surface area contributed by atoms with E-state index in [-0.39, 0.29) is 6.42 Å². The number of H-pyrrole nitrogens is 1. The van der Waals surface area contributed by atoms with Gasteiger partial charge in [0.2, 0.25) is 0 Å². The van der Waals surface area contributed by atoms with E-state index in [2.05, 4.69) is 10.2 Å². The van der Waals surface area contributed by atoms with Crippen molar-refractivity contribution in [3.05, 3.63) is 29.7 Å². The molecule has 0 amide bonds. The zero-order valence-corrected chi connectivity index (χ0v) is 8.86. The monoisotopic (exact) mass is 220 g/mol. The lowest BCUT2D eigenvalue weighted by Crippen LogP contribution is -1.98. The van der Waals surface area contributed by atoms with E-state index in [1.54, 1.807) is 18.4 Å². The van der Waals surface area contributed by atoms with E-state index in [0.29, 0.717) is 17.9 Å². The molecule has 0 radical (unpaired) electrons. The molecule has 0 aliphatic carbocycles. The van der Waals surface area contributed by atoms with Crippen molar-refractivity contribution < 1.29 is 14.3 Å². The quantitative estimate of drug-likeness (QED) is 0.825. The highest BCUT2D eigenvalue weighted by Crippen LogP contribution is 2.24. The number of rotatable bonds is 4. The van der Waals surface area contributed by atoms with E-state index in [9.17, 15) is 4.79 Å². The summed E-state index contributed by atoms with van der Waals surface area (Å²) in [5.41, 5.74) is 2.48. The van der Waals surface area contributed by atoms with Crippen LogP contribution < -0.4 is 0 Å². The Bertz CT molecular complexity index is 485. The molecule has 2 N–H and O–H groups in total. The Morgan fingerprint density at radius 1 is 1.62 bits per heavy atom. The molecule has 0 aliphatic rings. The van der Waals surface area contributed by atoms with Crippen molar-refractivity contribution in [2.75, 3.05) is 0 Å². The number of carboxylic acid groups (broad SMARTS) is 1. The Morgan fingerprint density at radius 2 is 2.44 bits per heavy atom. The van der Waals surface area contributed by atoms with Gasteiger partial charge in [-0.3, -0.25) is 9.89 Å². The maximum atomic E-state index is 10.5. The molecular formula is C11H12N2O3. The second-order valence-corrected chi connectivity index (χ2v) is 3.55. The zero-order valence-electron chi connectivity index (χ0n) is 8.86. The molecule has 2 rings (SSSR count). The van der Waals surface area contributed by atoms with Crippen molar-refractivity contribution in [3.8, 4) is 11.5 Å². The molecule has 0 bridgehead atoms. The van der Waals surface area contributed by atoms with Crippen molar-refractivity contribution >= 4 is 5.97 Å². The molecular weight excluding hydrogens is 208 g/mol. The topological polar surface area (TPSA) is 79.1 Å². The van der Waals surface area contributed by atoms with Gasteiger partial charge in [-0.25, -0.2) is 0 Å². The van der Waals surface area contributed by atoms with Gasteiger partial charge in [0.15, 0.2) is 5.76 Å². The molecule has 0 atom stereocenters. The number of hydrogen-bond donors (Lipinski definition) is 2. The Hall–Kier alpha value is -2.04. The summed E-state index contributed by atoms with van der Waals surface area (Å²) in [6.45, 7) is 1.87. The van der Waals surface area contributed by atoms with E-state index >= 15 is 0 Å². The molecule has 0 spiro atoms. The second-order valence-electron chi connectivity index (χ2n) is 3.55. The number of nitrogens with zero attached hydrogens (tertiary/aromatic N) is 1. The molecule has 0 unspecified atom stereocenters. The van der Waals surface area contributed by atoms with Crippen LogP contribution in [0.5, 0.6) is 0 Å². The van der Waals surface area contributed by atoms with Crippen LogP contribution in [0, 0.1) is 6.92 Å². The van der Waals surface area contributed by atoms with Gasteiger partial charge < -0.3 is 9.52 Å². The van der Waals surface area contributed by atoms with Crippen LogP contribution in [0.1, 0.15) is 17.7 Å². The molecule has 2 heterocycles. The molecule has 5 heteroatoms. The average Bonchev–Trinajstić information content (AvgIpc) is 2.83. The van der Waals surface area contributed by atoms with Crippen LogP contribution >= 0.6 is 0 Å². The summed E-state index contributed by atoms with van der Waals surface area (Å²) in [6.07, 6.45) is 2.11. The third-order valence-corrected chi connectivity index (χ3v) is 2.42. The molecule has 0 saturated heterocycles. The Labute approximate surface area is 92.1 Å². The second kappa shape index (κ2) is 4.22. The minimum Gasteiger partial charge on any atom is -0.481 e. The first-order chi connectivity index (χ1) is 7.68. The van der Waals surface area contributed by atoms with Crippen LogP contribution in [0.25, 0.3) is 11.5 Å². The fourth-order valence-electron chi connectivity index (χ4n) is 1.61. The Morgan fingerprint density at radius 3 is 3.06 bits per heavy atom. The van der Waals surface area contributed by atoms with Gasteiger partial charge in [-0.1, -0.05) is 0 Å². The molecule has 84 valence electrons. The highest BCUT2D eigenvalue weighted by atomic mass is 16.4. The van der Waals surface area contributed by atoms with E-state index in [0.717, 1.165) is 11.3 Å². The van der Waals surface area contributed by atoms with Crippen molar-refractivity contribution in [3.63, 3.8) is 0 Å². The maximum absolute atomic E-state index is 10.5. The molecule has 16 heavy (non-hydrogen) atoms. The minimum atomic E-state index is -0.814. The lowest BCUT2D eigenvalue weighted by Gasteiger charge is -1.99. The minimum absolute atomic E-state index is 0.0914. The smallest absolute Gasteiger partial charge is 0.303 e.